The van der Waals surface area contributed by atoms with Crippen molar-refractivity contribution in [1.82, 2.24) is 4.98 Å². The zero-order valence-corrected chi connectivity index (χ0v) is 11.6. The Morgan fingerprint density at radius 3 is 2.55 bits per heavy atom. The molecule has 0 aliphatic rings. The third-order valence-corrected chi connectivity index (χ3v) is 3.79. The number of carboxylic acids is 1. The SMILES string of the molecule is Cc1cc(=O)c(C(=O)Nc2cc(C)c(C(=O)O)s2)c[nH]1. The number of aromatic amines is 1. The molecule has 0 spiro atoms. The summed E-state index contributed by atoms with van der Waals surface area (Å²) in [6, 6.07) is 2.89. The van der Waals surface area contributed by atoms with Gasteiger partial charge in [-0.05, 0) is 25.5 Å². The van der Waals surface area contributed by atoms with Crippen LogP contribution in [0.5, 0.6) is 0 Å². The van der Waals surface area contributed by atoms with Crippen molar-refractivity contribution in [3.8, 4) is 0 Å². The van der Waals surface area contributed by atoms with Gasteiger partial charge < -0.3 is 15.4 Å². The predicted molar refractivity (Wildman–Crippen MR) is 75.8 cm³/mol. The van der Waals surface area contributed by atoms with Crippen molar-refractivity contribution in [2.24, 2.45) is 0 Å². The number of carbonyl (C=O) groups excluding carboxylic acids is 1. The van der Waals surface area contributed by atoms with Gasteiger partial charge in [-0.3, -0.25) is 9.59 Å². The van der Waals surface area contributed by atoms with Crippen LogP contribution >= 0.6 is 11.3 Å². The van der Waals surface area contributed by atoms with Gasteiger partial charge in [0.1, 0.15) is 10.4 Å². The number of aryl methyl sites for hydroxylation is 2. The lowest BCUT2D eigenvalue weighted by atomic mass is 10.2. The van der Waals surface area contributed by atoms with Gasteiger partial charge in [0.15, 0.2) is 5.43 Å². The van der Waals surface area contributed by atoms with Gasteiger partial charge in [-0.1, -0.05) is 0 Å². The minimum Gasteiger partial charge on any atom is -0.477 e. The van der Waals surface area contributed by atoms with Crippen LogP contribution in [0.1, 0.15) is 31.3 Å². The van der Waals surface area contributed by atoms with Crippen molar-refractivity contribution < 1.29 is 14.7 Å². The van der Waals surface area contributed by atoms with Crippen molar-refractivity contribution in [2.75, 3.05) is 5.32 Å². The molecule has 2 aromatic rings. The van der Waals surface area contributed by atoms with Gasteiger partial charge in [-0.15, -0.1) is 11.3 Å². The Labute approximate surface area is 118 Å². The molecule has 0 saturated heterocycles. The van der Waals surface area contributed by atoms with Gasteiger partial charge in [0.05, 0.1) is 5.00 Å². The standard InChI is InChI=1S/C13H12N2O4S/c1-6-3-10(20-11(6)13(18)19)15-12(17)8-5-14-7(2)4-9(8)16/h3-5H,1-2H3,(H,14,16)(H,15,17)(H,18,19). The Morgan fingerprint density at radius 1 is 1.30 bits per heavy atom. The van der Waals surface area contributed by atoms with Crippen molar-refractivity contribution in [1.29, 1.82) is 0 Å². The van der Waals surface area contributed by atoms with E-state index in [9.17, 15) is 14.4 Å². The number of carboxylic acid groups (broad SMARTS) is 1. The number of thiophene rings is 1. The molecular formula is C13H12N2O4S. The number of hydrogen-bond acceptors (Lipinski definition) is 4. The minimum absolute atomic E-state index is 0.0153. The Balaban J connectivity index is 2.26. The maximum absolute atomic E-state index is 12.0. The second-order valence-corrected chi connectivity index (χ2v) is 5.33. The highest BCUT2D eigenvalue weighted by Gasteiger charge is 2.16. The first-order valence-corrected chi connectivity index (χ1v) is 6.54. The van der Waals surface area contributed by atoms with E-state index in [4.69, 9.17) is 5.11 Å². The largest absolute Gasteiger partial charge is 0.477 e. The molecule has 0 saturated carbocycles. The zero-order valence-electron chi connectivity index (χ0n) is 10.8. The highest BCUT2D eigenvalue weighted by atomic mass is 32.1. The third-order valence-electron chi connectivity index (χ3n) is 2.65. The molecule has 0 aromatic carbocycles. The average molecular weight is 292 g/mol. The van der Waals surface area contributed by atoms with Gasteiger partial charge in [-0.2, -0.15) is 0 Å². The Morgan fingerprint density at radius 2 is 2.00 bits per heavy atom. The molecule has 0 aliphatic heterocycles. The van der Waals surface area contributed by atoms with E-state index >= 15 is 0 Å². The Bertz CT molecular complexity index is 745. The molecule has 0 unspecified atom stereocenters. The number of aromatic nitrogens is 1. The van der Waals surface area contributed by atoms with E-state index in [1.54, 1.807) is 19.9 Å². The molecule has 7 heteroatoms. The fraction of sp³-hybridized carbons (Fsp3) is 0.154. The number of hydrogen-bond donors (Lipinski definition) is 3. The number of pyridine rings is 1. The van der Waals surface area contributed by atoms with Gasteiger partial charge in [-0.25, -0.2) is 4.79 Å². The highest BCUT2D eigenvalue weighted by Crippen LogP contribution is 2.26. The molecule has 0 radical (unpaired) electrons. The van der Waals surface area contributed by atoms with Crippen LogP contribution in [0.4, 0.5) is 5.00 Å². The predicted octanol–water partition coefficient (Wildman–Crippen LogP) is 2.00. The number of H-pyrrole nitrogens is 1. The molecule has 20 heavy (non-hydrogen) atoms. The van der Waals surface area contributed by atoms with Gasteiger partial charge in [0.25, 0.3) is 5.91 Å². The maximum Gasteiger partial charge on any atom is 0.346 e. The fourth-order valence-corrected chi connectivity index (χ4v) is 2.59. The van der Waals surface area contributed by atoms with E-state index in [2.05, 4.69) is 10.3 Å². The summed E-state index contributed by atoms with van der Waals surface area (Å²) in [6.45, 7) is 3.36. The summed E-state index contributed by atoms with van der Waals surface area (Å²) in [4.78, 5) is 37.5. The van der Waals surface area contributed by atoms with Crippen molar-refractivity contribution in [3.05, 3.63) is 50.3 Å². The lowest BCUT2D eigenvalue weighted by Crippen LogP contribution is -2.21. The second kappa shape index (κ2) is 5.30. The lowest BCUT2D eigenvalue weighted by Gasteiger charge is -2.02. The number of amides is 1. The molecule has 104 valence electrons. The minimum atomic E-state index is -1.04. The molecule has 2 heterocycles. The lowest BCUT2D eigenvalue weighted by molar-refractivity contribution is 0.0701. The third kappa shape index (κ3) is 2.77. The van der Waals surface area contributed by atoms with Gasteiger partial charge in [0, 0.05) is 18.0 Å². The van der Waals surface area contributed by atoms with E-state index in [1.807, 2.05) is 0 Å². The summed E-state index contributed by atoms with van der Waals surface area (Å²) in [5, 5.41) is 11.9. The van der Waals surface area contributed by atoms with Crippen LogP contribution in [0.3, 0.4) is 0 Å². The van der Waals surface area contributed by atoms with Crippen molar-refractivity contribution in [3.63, 3.8) is 0 Å². The number of carbonyl (C=O) groups is 2. The van der Waals surface area contributed by atoms with E-state index in [1.165, 1.54) is 12.3 Å². The summed E-state index contributed by atoms with van der Waals surface area (Å²) in [7, 11) is 0. The van der Waals surface area contributed by atoms with Crippen LogP contribution in [-0.2, 0) is 0 Å². The fourth-order valence-electron chi connectivity index (χ4n) is 1.69. The van der Waals surface area contributed by atoms with Gasteiger partial charge >= 0.3 is 5.97 Å². The highest BCUT2D eigenvalue weighted by molar-refractivity contribution is 7.18. The first-order chi connectivity index (χ1) is 9.38. The first-order valence-electron chi connectivity index (χ1n) is 5.73. The van der Waals surface area contributed by atoms with Crippen LogP contribution < -0.4 is 10.7 Å². The van der Waals surface area contributed by atoms with Crippen LogP contribution in [0.2, 0.25) is 0 Å². The van der Waals surface area contributed by atoms with Gasteiger partial charge in [0.2, 0.25) is 0 Å². The van der Waals surface area contributed by atoms with Crippen molar-refractivity contribution in [2.45, 2.75) is 13.8 Å². The molecule has 3 N–H and O–H groups in total. The number of anilines is 1. The topological polar surface area (TPSA) is 99.3 Å². The van der Waals surface area contributed by atoms with E-state index in [-0.39, 0.29) is 15.9 Å². The molecule has 0 aliphatic carbocycles. The summed E-state index contributed by atoms with van der Waals surface area (Å²) < 4.78 is 0. The summed E-state index contributed by atoms with van der Waals surface area (Å²) in [5.41, 5.74) is 0.825. The Hall–Kier alpha value is -2.41. The van der Waals surface area contributed by atoms with E-state index in [0.717, 1.165) is 11.3 Å². The molecular weight excluding hydrogens is 280 g/mol. The monoisotopic (exact) mass is 292 g/mol. The van der Waals surface area contributed by atoms with Crippen LogP contribution in [0.15, 0.2) is 23.1 Å². The second-order valence-electron chi connectivity index (χ2n) is 4.28. The molecule has 0 fully saturated rings. The van der Waals surface area contributed by atoms with Crippen molar-refractivity contribution >= 4 is 28.2 Å². The molecule has 2 rings (SSSR count). The molecule has 1 amide bonds. The number of aromatic carboxylic acids is 1. The summed E-state index contributed by atoms with van der Waals surface area (Å²) in [6.07, 6.45) is 1.34. The Kier molecular flexibility index (Phi) is 3.71. The summed E-state index contributed by atoms with van der Waals surface area (Å²) >= 11 is 0.956. The number of rotatable bonds is 3. The average Bonchev–Trinajstić information content (AvgIpc) is 2.70. The van der Waals surface area contributed by atoms with Crippen LogP contribution in [-0.4, -0.2) is 22.0 Å². The first kappa shape index (κ1) is 14.0. The van der Waals surface area contributed by atoms with Crippen LogP contribution in [0, 0.1) is 13.8 Å². The van der Waals surface area contributed by atoms with Crippen LogP contribution in [0.25, 0.3) is 0 Å². The molecule has 2 aromatic heterocycles. The molecule has 6 nitrogen and oxygen atoms in total. The molecule has 0 bridgehead atoms. The normalized spacial score (nSPS) is 10.3. The maximum atomic E-state index is 12.0. The molecule has 0 atom stereocenters. The smallest absolute Gasteiger partial charge is 0.346 e. The van der Waals surface area contributed by atoms with E-state index in [0.29, 0.717) is 16.3 Å². The van der Waals surface area contributed by atoms with E-state index < -0.39 is 11.9 Å². The zero-order chi connectivity index (χ0) is 14.9. The number of nitrogens with one attached hydrogen (secondary N) is 2. The quantitative estimate of drug-likeness (QED) is 0.805. The summed E-state index contributed by atoms with van der Waals surface area (Å²) in [5.74, 6) is -1.61.